The van der Waals surface area contributed by atoms with Gasteiger partial charge in [-0.3, -0.25) is 0 Å². The molecule has 1 unspecified atom stereocenters. The van der Waals surface area contributed by atoms with Crippen LogP contribution in [0.2, 0.25) is 0 Å². The Morgan fingerprint density at radius 1 is 1.04 bits per heavy atom. The molecular formula is C41H68N4O. The Kier molecular flexibility index (Phi) is 25.0. The molecule has 1 atom stereocenters. The molecule has 1 aliphatic carbocycles. The topological polar surface area (TPSA) is 85.4 Å². The largest absolute Gasteiger partial charge is 0.393 e. The number of allylic oxidation sites excluding steroid dienone is 2. The highest BCUT2D eigenvalue weighted by Gasteiger charge is 2.19. The van der Waals surface area contributed by atoms with Gasteiger partial charge >= 0.3 is 0 Å². The molecule has 0 heterocycles. The van der Waals surface area contributed by atoms with Crippen LogP contribution in [-0.2, 0) is 0 Å². The van der Waals surface area contributed by atoms with Gasteiger partial charge in [-0.15, -0.1) is 19.7 Å². The Hall–Kier alpha value is -3.41. The normalized spacial score (nSPS) is 12.8. The van der Waals surface area contributed by atoms with Gasteiger partial charge in [-0.1, -0.05) is 103 Å². The fourth-order valence-corrected chi connectivity index (χ4v) is 4.66. The molecule has 5 N–H and O–H groups in total. The minimum atomic E-state index is -0.253. The summed E-state index contributed by atoms with van der Waals surface area (Å²) in [6.07, 6.45) is 10.3. The molecule has 46 heavy (non-hydrogen) atoms. The standard InChI is InChI=1S/C19H28N2O.C14H19N.C5H12.C2H4.CH5N/c1-6-13-21(15(3)4)18-10-8-9-17(14-18)20-16(5)11-12-19(22)7-2;1-11-7-5-6-10-13(11)14(15)12-8-3-2-4-9-12;1-5(2,3)4;2*1-2/h6,8-10,14,19-20,22H,1,3,5,7,11-13H2,2,4H3;5-7,10,12,15H,2-4,8-9H2,1H3;1-4H3;1-2H2;2H2,1H3. The van der Waals surface area contributed by atoms with Crippen LogP contribution in [0.1, 0.15) is 104 Å². The fraction of sp³-hybridized carbons (Fsp3) is 0.488. The van der Waals surface area contributed by atoms with Crippen molar-refractivity contribution in [3.8, 4) is 0 Å². The second-order valence-electron chi connectivity index (χ2n) is 13.1. The number of nitrogens with zero attached hydrogens (tertiary/aromatic N) is 1. The zero-order valence-electron chi connectivity index (χ0n) is 30.7. The molecule has 2 aromatic carbocycles. The van der Waals surface area contributed by atoms with E-state index in [0.717, 1.165) is 59.9 Å². The van der Waals surface area contributed by atoms with Gasteiger partial charge in [0.25, 0.3) is 0 Å². The number of rotatable bonds is 12. The minimum Gasteiger partial charge on any atom is -0.393 e. The average Bonchev–Trinajstić information content (AvgIpc) is 3.04. The van der Waals surface area contributed by atoms with Gasteiger partial charge in [0.2, 0.25) is 0 Å². The highest BCUT2D eigenvalue weighted by molar-refractivity contribution is 6.01. The second-order valence-corrected chi connectivity index (χ2v) is 13.1. The monoisotopic (exact) mass is 633 g/mol. The van der Waals surface area contributed by atoms with Crippen LogP contribution in [-0.4, -0.2) is 30.5 Å². The molecule has 0 bridgehead atoms. The molecule has 0 radical (unpaired) electrons. The van der Waals surface area contributed by atoms with Crippen LogP contribution < -0.4 is 16.0 Å². The van der Waals surface area contributed by atoms with Crippen molar-refractivity contribution in [2.75, 3.05) is 23.8 Å². The van der Waals surface area contributed by atoms with Crippen molar-refractivity contribution in [2.24, 2.45) is 17.1 Å². The van der Waals surface area contributed by atoms with E-state index in [2.05, 4.69) is 102 Å². The van der Waals surface area contributed by atoms with Gasteiger partial charge in [0, 0.05) is 40.9 Å². The van der Waals surface area contributed by atoms with Crippen molar-refractivity contribution < 1.29 is 5.11 Å². The second kappa shape index (κ2) is 25.7. The molecule has 5 nitrogen and oxygen atoms in total. The van der Waals surface area contributed by atoms with Crippen LogP contribution in [0.15, 0.2) is 98.9 Å². The summed E-state index contributed by atoms with van der Waals surface area (Å²) in [6, 6.07) is 16.4. The molecule has 0 aromatic heterocycles. The highest BCUT2D eigenvalue weighted by Crippen LogP contribution is 2.28. The van der Waals surface area contributed by atoms with Crippen LogP contribution in [0.4, 0.5) is 11.4 Å². The number of hydrogen-bond acceptors (Lipinski definition) is 5. The SMILES string of the molecule is C=C.C=CCN(C(=C)C)c1cccc(NC(=C)CCC(O)CC)c1.CC(C)(C)C.CN.Cc1ccccc1C(=N)C1CCCCC1. The summed E-state index contributed by atoms with van der Waals surface area (Å²) < 4.78 is 0. The number of aliphatic hydroxyl groups is 1. The van der Waals surface area contributed by atoms with Gasteiger partial charge in [0.1, 0.15) is 0 Å². The van der Waals surface area contributed by atoms with E-state index in [4.69, 9.17) is 5.41 Å². The summed E-state index contributed by atoms with van der Waals surface area (Å²) in [5, 5.41) is 21.2. The van der Waals surface area contributed by atoms with Crippen molar-refractivity contribution in [1.29, 1.82) is 5.41 Å². The first-order valence-corrected chi connectivity index (χ1v) is 16.8. The maximum atomic E-state index is 9.62. The summed E-state index contributed by atoms with van der Waals surface area (Å²) in [7, 11) is 1.50. The van der Waals surface area contributed by atoms with Crippen molar-refractivity contribution in [3.05, 3.63) is 110 Å². The lowest BCUT2D eigenvalue weighted by Crippen LogP contribution is -2.20. The molecule has 5 heteroatoms. The molecule has 1 aliphatic rings. The summed E-state index contributed by atoms with van der Waals surface area (Å²) >= 11 is 0. The van der Waals surface area contributed by atoms with Crippen molar-refractivity contribution in [2.45, 2.75) is 106 Å². The molecule has 1 saturated carbocycles. The Balaban J connectivity index is 0. The Bertz CT molecular complexity index is 1140. The molecule has 0 aliphatic heterocycles. The summed E-state index contributed by atoms with van der Waals surface area (Å²) in [5.74, 6) is 0.514. The molecule has 1 fully saturated rings. The van der Waals surface area contributed by atoms with Crippen LogP contribution in [0.3, 0.4) is 0 Å². The smallest absolute Gasteiger partial charge is 0.0541 e. The molecule has 0 saturated heterocycles. The third kappa shape index (κ3) is 20.6. The predicted octanol–water partition coefficient (Wildman–Crippen LogP) is 11.1. The lowest BCUT2D eigenvalue weighted by Gasteiger charge is -2.24. The molecular weight excluding hydrogens is 564 g/mol. The lowest BCUT2D eigenvalue weighted by molar-refractivity contribution is 0.161. The van der Waals surface area contributed by atoms with E-state index in [9.17, 15) is 5.11 Å². The lowest BCUT2D eigenvalue weighted by atomic mass is 9.82. The van der Waals surface area contributed by atoms with E-state index >= 15 is 0 Å². The number of anilines is 2. The number of nitrogens with two attached hydrogens (primary N) is 1. The Morgan fingerprint density at radius 3 is 2.11 bits per heavy atom. The fourth-order valence-electron chi connectivity index (χ4n) is 4.66. The van der Waals surface area contributed by atoms with Gasteiger partial charge in [0.15, 0.2) is 0 Å². The van der Waals surface area contributed by atoms with E-state index < -0.39 is 0 Å². The quantitative estimate of drug-likeness (QED) is 0.138. The molecule has 0 amide bonds. The highest BCUT2D eigenvalue weighted by atomic mass is 16.3. The first-order valence-electron chi connectivity index (χ1n) is 16.8. The first-order chi connectivity index (χ1) is 21.8. The van der Waals surface area contributed by atoms with Gasteiger partial charge in [0.05, 0.1) is 6.10 Å². The third-order valence-electron chi connectivity index (χ3n) is 6.95. The van der Waals surface area contributed by atoms with E-state index in [0.29, 0.717) is 11.3 Å². The van der Waals surface area contributed by atoms with Gasteiger partial charge < -0.3 is 26.5 Å². The van der Waals surface area contributed by atoms with Gasteiger partial charge in [-0.05, 0) is 87.7 Å². The minimum absolute atomic E-state index is 0.253. The van der Waals surface area contributed by atoms with E-state index in [1.165, 1.54) is 44.7 Å². The van der Waals surface area contributed by atoms with Crippen molar-refractivity contribution >= 4 is 17.1 Å². The van der Waals surface area contributed by atoms with Crippen molar-refractivity contribution in [3.63, 3.8) is 0 Å². The van der Waals surface area contributed by atoms with Crippen LogP contribution in [0.25, 0.3) is 0 Å². The van der Waals surface area contributed by atoms with E-state index in [1.54, 1.807) is 0 Å². The predicted molar refractivity (Wildman–Crippen MR) is 208 cm³/mol. The number of aryl methyl sites for hydroxylation is 1. The summed E-state index contributed by atoms with van der Waals surface area (Å²) in [6.45, 7) is 33.4. The summed E-state index contributed by atoms with van der Waals surface area (Å²) in [4.78, 5) is 2.10. The van der Waals surface area contributed by atoms with E-state index in [-0.39, 0.29) is 6.10 Å². The Morgan fingerprint density at radius 2 is 1.61 bits per heavy atom. The van der Waals surface area contributed by atoms with Gasteiger partial charge in [-0.2, -0.15) is 0 Å². The summed E-state index contributed by atoms with van der Waals surface area (Å²) in [5.41, 5.74) is 12.2. The maximum Gasteiger partial charge on any atom is 0.0541 e. The number of benzene rings is 2. The Labute approximate surface area is 283 Å². The number of nitrogens with one attached hydrogen (secondary N) is 2. The zero-order valence-corrected chi connectivity index (χ0v) is 30.7. The molecule has 0 spiro atoms. The molecule has 3 rings (SSSR count). The molecule has 258 valence electrons. The average molecular weight is 633 g/mol. The van der Waals surface area contributed by atoms with Crippen LogP contribution in [0, 0.1) is 23.7 Å². The third-order valence-corrected chi connectivity index (χ3v) is 6.95. The van der Waals surface area contributed by atoms with Gasteiger partial charge in [-0.25, -0.2) is 0 Å². The maximum absolute atomic E-state index is 9.62. The number of hydrogen-bond donors (Lipinski definition) is 4. The van der Waals surface area contributed by atoms with E-state index in [1.807, 2.05) is 50.3 Å². The van der Waals surface area contributed by atoms with Crippen molar-refractivity contribution in [1.82, 2.24) is 0 Å². The van der Waals surface area contributed by atoms with Crippen LogP contribution >= 0.6 is 0 Å². The first kappa shape index (κ1) is 44.7. The zero-order chi connectivity index (χ0) is 35.7. The number of aliphatic hydroxyl groups excluding tert-OH is 1. The molecule has 2 aromatic rings. The van der Waals surface area contributed by atoms with Crippen LogP contribution in [0.5, 0.6) is 0 Å².